The fraction of sp³-hybridized carbons (Fsp3) is 0.483. The van der Waals surface area contributed by atoms with Gasteiger partial charge in [0.2, 0.25) is 24.1 Å². The molecule has 42 heavy (non-hydrogen) atoms. The molecule has 2 N–H and O–H groups in total. The van der Waals surface area contributed by atoms with Gasteiger partial charge in [-0.1, -0.05) is 6.08 Å². The van der Waals surface area contributed by atoms with Crippen LogP contribution in [0.25, 0.3) is 5.57 Å². The Labute approximate surface area is 242 Å². The predicted molar refractivity (Wildman–Crippen MR) is 151 cm³/mol. The molecule has 13 heteroatoms. The number of anilines is 3. The molecule has 222 valence electrons. The quantitative estimate of drug-likeness (QED) is 0.534. The molecule has 5 rings (SSSR count). The Morgan fingerprint density at radius 3 is 2.74 bits per heavy atom. The molecule has 2 unspecified atom stereocenters. The number of alkyl halides is 2. The lowest BCUT2D eigenvalue weighted by Gasteiger charge is -2.40. The molecule has 0 aliphatic carbocycles. The summed E-state index contributed by atoms with van der Waals surface area (Å²) in [6.45, 7) is 4.74. The van der Waals surface area contributed by atoms with Crippen molar-refractivity contribution in [2.75, 3.05) is 61.4 Å². The minimum Gasteiger partial charge on any atom is -0.367 e. The molecule has 4 heterocycles. The minimum absolute atomic E-state index is 0.0640. The fourth-order valence-electron chi connectivity index (χ4n) is 5.72. The van der Waals surface area contributed by atoms with Gasteiger partial charge in [0.25, 0.3) is 0 Å². The lowest BCUT2D eigenvalue weighted by molar-refractivity contribution is -0.133. The smallest absolute Gasteiger partial charge is 0.242 e. The summed E-state index contributed by atoms with van der Waals surface area (Å²) in [5, 5.41) is 14.5. The molecule has 2 fully saturated rings. The SMILES string of the molecule is C[C@H]1CN(c2cc(F)c(C3=CCN(c4ccnc(C#N)n4)CC3)cc2NC(=O)C2CNC(=O)CC2C(F)F)CCN1C. The minimum atomic E-state index is -2.83. The first-order valence-corrected chi connectivity index (χ1v) is 14.0. The van der Waals surface area contributed by atoms with E-state index in [1.54, 1.807) is 12.1 Å². The van der Waals surface area contributed by atoms with Gasteiger partial charge in [0.1, 0.15) is 17.7 Å². The third-order valence-electron chi connectivity index (χ3n) is 8.38. The van der Waals surface area contributed by atoms with Gasteiger partial charge in [0, 0.05) is 69.4 Å². The normalized spacial score (nSPS) is 23.3. The van der Waals surface area contributed by atoms with Gasteiger partial charge in [-0.25, -0.2) is 23.1 Å². The van der Waals surface area contributed by atoms with Crippen LogP contribution in [0.15, 0.2) is 30.5 Å². The Hall–Kier alpha value is -4.18. The van der Waals surface area contributed by atoms with Gasteiger partial charge in [0.05, 0.1) is 17.3 Å². The number of piperidine rings is 1. The molecule has 1 aromatic heterocycles. The Bertz CT molecular complexity index is 1430. The highest BCUT2D eigenvalue weighted by atomic mass is 19.3. The first-order chi connectivity index (χ1) is 20.1. The first-order valence-electron chi connectivity index (χ1n) is 14.0. The van der Waals surface area contributed by atoms with Crippen LogP contribution in [0.1, 0.15) is 31.2 Å². The molecule has 10 nitrogen and oxygen atoms in total. The molecule has 0 radical (unpaired) electrons. The van der Waals surface area contributed by atoms with Gasteiger partial charge in [-0.15, -0.1) is 0 Å². The molecule has 0 saturated carbocycles. The van der Waals surface area contributed by atoms with Gasteiger partial charge in [0.15, 0.2) is 0 Å². The highest BCUT2D eigenvalue weighted by Crippen LogP contribution is 2.37. The lowest BCUT2D eigenvalue weighted by atomic mass is 9.85. The number of piperazine rings is 1. The molecule has 3 atom stereocenters. The number of benzene rings is 1. The van der Waals surface area contributed by atoms with E-state index >= 15 is 4.39 Å². The summed E-state index contributed by atoms with van der Waals surface area (Å²) < 4.78 is 43.3. The van der Waals surface area contributed by atoms with Crippen molar-refractivity contribution in [3.63, 3.8) is 0 Å². The van der Waals surface area contributed by atoms with Gasteiger partial charge >= 0.3 is 0 Å². The molecule has 2 amide bonds. The number of likely N-dealkylation sites (N-methyl/N-ethyl adjacent to an activating group) is 1. The van der Waals surface area contributed by atoms with Crippen molar-refractivity contribution in [1.82, 2.24) is 20.2 Å². The van der Waals surface area contributed by atoms with E-state index in [0.29, 0.717) is 55.4 Å². The van der Waals surface area contributed by atoms with Crippen molar-refractivity contribution < 1.29 is 22.8 Å². The van der Waals surface area contributed by atoms with Crippen LogP contribution in [0, 0.1) is 29.0 Å². The number of aromatic nitrogens is 2. The van der Waals surface area contributed by atoms with Crippen LogP contribution in [-0.4, -0.2) is 85.5 Å². The van der Waals surface area contributed by atoms with Crippen LogP contribution in [0.4, 0.5) is 30.4 Å². The third kappa shape index (κ3) is 6.18. The van der Waals surface area contributed by atoms with E-state index in [0.717, 1.165) is 12.1 Å². The second-order valence-electron chi connectivity index (χ2n) is 11.0. The Kier molecular flexibility index (Phi) is 8.63. The number of amides is 2. The predicted octanol–water partition coefficient (Wildman–Crippen LogP) is 2.88. The summed E-state index contributed by atoms with van der Waals surface area (Å²) >= 11 is 0. The van der Waals surface area contributed by atoms with Gasteiger partial charge < -0.3 is 25.3 Å². The summed E-state index contributed by atoms with van der Waals surface area (Å²) in [6.07, 6.45) is 0.608. The Morgan fingerprint density at radius 2 is 2.05 bits per heavy atom. The van der Waals surface area contributed by atoms with E-state index in [4.69, 9.17) is 5.26 Å². The molecule has 2 saturated heterocycles. The topological polar surface area (TPSA) is 117 Å². The average molecular weight is 583 g/mol. The van der Waals surface area contributed by atoms with Crippen LogP contribution in [0.3, 0.4) is 0 Å². The third-order valence-corrected chi connectivity index (χ3v) is 8.38. The second-order valence-corrected chi connectivity index (χ2v) is 11.0. The number of rotatable bonds is 6. The number of nitriles is 1. The summed E-state index contributed by atoms with van der Waals surface area (Å²) in [5.74, 6) is -3.46. The first kappa shape index (κ1) is 29.3. The van der Waals surface area contributed by atoms with Crippen molar-refractivity contribution >= 4 is 34.6 Å². The van der Waals surface area contributed by atoms with E-state index in [9.17, 15) is 18.4 Å². The maximum Gasteiger partial charge on any atom is 0.242 e. The summed E-state index contributed by atoms with van der Waals surface area (Å²) in [6, 6.07) is 6.81. The Morgan fingerprint density at radius 1 is 1.24 bits per heavy atom. The summed E-state index contributed by atoms with van der Waals surface area (Å²) in [5.41, 5.74) is 1.89. The van der Waals surface area contributed by atoms with Gasteiger partial charge in [-0.2, -0.15) is 5.26 Å². The van der Waals surface area contributed by atoms with Gasteiger partial charge in [-0.05, 0) is 44.2 Å². The zero-order valence-corrected chi connectivity index (χ0v) is 23.5. The highest BCUT2D eigenvalue weighted by molar-refractivity contribution is 5.98. The monoisotopic (exact) mass is 582 g/mol. The Balaban J connectivity index is 1.45. The van der Waals surface area contributed by atoms with Crippen molar-refractivity contribution in [2.24, 2.45) is 11.8 Å². The number of hydrogen-bond donors (Lipinski definition) is 2. The number of carbonyl (C=O) groups is 2. The number of nitrogens with zero attached hydrogens (tertiary/aromatic N) is 6. The maximum absolute atomic E-state index is 15.8. The van der Waals surface area contributed by atoms with E-state index in [2.05, 4.69) is 32.4 Å². The zero-order chi connectivity index (χ0) is 30.0. The van der Waals surface area contributed by atoms with E-state index in [1.807, 2.05) is 29.0 Å². The maximum atomic E-state index is 15.8. The number of halogens is 3. The van der Waals surface area contributed by atoms with Crippen molar-refractivity contribution in [3.8, 4) is 6.07 Å². The van der Waals surface area contributed by atoms with Crippen LogP contribution in [-0.2, 0) is 9.59 Å². The summed E-state index contributed by atoms with van der Waals surface area (Å²) in [7, 11) is 2.01. The van der Waals surface area contributed by atoms with Crippen LogP contribution < -0.4 is 20.4 Å². The second kappa shape index (κ2) is 12.4. The lowest BCUT2D eigenvalue weighted by Crippen LogP contribution is -2.50. The van der Waals surface area contributed by atoms with E-state index in [1.165, 1.54) is 12.3 Å². The van der Waals surface area contributed by atoms with Gasteiger partial charge in [-0.3, -0.25) is 9.59 Å². The molecule has 0 bridgehead atoms. The average Bonchev–Trinajstić information content (AvgIpc) is 2.99. The molecule has 3 aliphatic heterocycles. The largest absolute Gasteiger partial charge is 0.367 e. The highest BCUT2D eigenvalue weighted by Gasteiger charge is 2.40. The number of nitrogens with one attached hydrogen (secondary N) is 2. The fourth-order valence-corrected chi connectivity index (χ4v) is 5.72. The standard InChI is InChI=1S/C29H33F3N8O2/c1-17-16-40(10-9-38(17)2)24-13-22(30)19(18-4-7-39(8-5-18)26-3-6-34-25(14-33)37-26)11-23(24)36-29(42)21-15-35-27(41)12-20(21)28(31)32/h3-4,6,11,13,17,20-21,28H,5,7-10,12,15-16H2,1-2H3,(H,35,41)(H,36,42)/t17-,20?,21?/m0/s1. The van der Waals surface area contributed by atoms with Crippen LogP contribution in [0.5, 0.6) is 0 Å². The zero-order valence-electron chi connectivity index (χ0n) is 23.5. The van der Waals surface area contributed by atoms with Crippen LogP contribution in [0.2, 0.25) is 0 Å². The van der Waals surface area contributed by atoms with E-state index in [-0.39, 0.29) is 18.4 Å². The van der Waals surface area contributed by atoms with Crippen molar-refractivity contribution in [3.05, 3.63) is 47.7 Å². The summed E-state index contributed by atoms with van der Waals surface area (Å²) in [4.78, 5) is 39.4. The van der Waals surface area contributed by atoms with Crippen molar-refractivity contribution in [2.45, 2.75) is 32.2 Å². The van der Waals surface area contributed by atoms with E-state index < -0.39 is 42.3 Å². The van der Waals surface area contributed by atoms with Crippen LogP contribution >= 0.6 is 0 Å². The molecule has 3 aliphatic rings. The molecule has 1 aromatic carbocycles. The molecule has 2 aromatic rings. The molecular weight excluding hydrogens is 549 g/mol. The van der Waals surface area contributed by atoms with Crippen molar-refractivity contribution in [1.29, 1.82) is 5.26 Å². The number of hydrogen-bond acceptors (Lipinski definition) is 8. The molecular formula is C29H33F3N8O2. The number of carbonyl (C=O) groups excluding carboxylic acids is 2. The molecule has 0 spiro atoms.